The fourth-order valence-electron chi connectivity index (χ4n) is 2.62. The second kappa shape index (κ2) is 12.0. The number of para-hydroxylation sites is 1. The standard InChI is InChI=1S/C22H28N2O3S/c1-3-5-6-9-16-27-18-14-12-17(13-15-18)23-22(28)24-21(25)19-10-7-8-11-20(19)26-4-2/h7-8,10-15H,3-6,9,16H2,1-2H3,(H2,23,24,25,28). The highest BCUT2D eigenvalue weighted by molar-refractivity contribution is 7.80. The SMILES string of the molecule is CCCCCCOc1ccc(NC(=S)NC(=O)c2ccccc2OCC)cc1. The van der Waals surface area contributed by atoms with Crippen LogP contribution < -0.4 is 20.1 Å². The maximum absolute atomic E-state index is 12.4. The number of carbonyl (C=O) groups excluding carboxylic acids is 1. The van der Waals surface area contributed by atoms with E-state index in [4.69, 9.17) is 21.7 Å². The number of ether oxygens (including phenoxy) is 2. The first-order valence-electron chi connectivity index (χ1n) is 9.71. The highest BCUT2D eigenvalue weighted by Gasteiger charge is 2.13. The molecule has 0 unspecified atom stereocenters. The lowest BCUT2D eigenvalue weighted by atomic mass is 10.2. The molecule has 0 radical (unpaired) electrons. The summed E-state index contributed by atoms with van der Waals surface area (Å²) in [5.41, 5.74) is 1.22. The predicted molar refractivity (Wildman–Crippen MR) is 117 cm³/mol. The number of benzene rings is 2. The first-order valence-corrected chi connectivity index (χ1v) is 10.1. The monoisotopic (exact) mass is 400 g/mol. The minimum absolute atomic E-state index is 0.226. The van der Waals surface area contributed by atoms with E-state index < -0.39 is 0 Å². The van der Waals surface area contributed by atoms with Gasteiger partial charge < -0.3 is 14.8 Å². The van der Waals surface area contributed by atoms with E-state index in [1.807, 2.05) is 37.3 Å². The smallest absolute Gasteiger partial charge is 0.261 e. The van der Waals surface area contributed by atoms with E-state index in [9.17, 15) is 4.79 Å². The van der Waals surface area contributed by atoms with Gasteiger partial charge in [-0.2, -0.15) is 0 Å². The number of rotatable bonds is 10. The van der Waals surface area contributed by atoms with Crippen LogP contribution in [0.2, 0.25) is 0 Å². The van der Waals surface area contributed by atoms with Crippen LogP contribution in [0.25, 0.3) is 0 Å². The first kappa shape index (κ1) is 21.7. The minimum atomic E-state index is -0.311. The molecule has 0 spiro atoms. The zero-order valence-corrected chi connectivity index (χ0v) is 17.3. The summed E-state index contributed by atoms with van der Waals surface area (Å²) in [5, 5.41) is 5.92. The van der Waals surface area contributed by atoms with Crippen LogP contribution in [0.3, 0.4) is 0 Å². The second-order valence-electron chi connectivity index (χ2n) is 6.27. The topological polar surface area (TPSA) is 59.6 Å². The maximum Gasteiger partial charge on any atom is 0.261 e. The fraction of sp³-hybridized carbons (Fsp3) is 0.364. The quantitative estimate of drug-likeness (QED) is 0.425. The normalized spacial score (nSPS) is 10.2. The molecule has 2 rings (SSSR count). The van der Waals surface area contributed by atoms with Crippen molar-refractivity contribution in [2.75, 3.05) is 18.5 Å². The molecule has 0 saturated heterocycles. The third-order valence-electron chi connectivity index (χ3n) is 4.04. The molecule has 0 saturated carbocycles. The zero-order chi connectivity index (χ0) is 20.2. The van der Waals surface area contributed by atoms with Crippen LogP contribution in [0.4, 0.5) is 5.69 Å². The number of anilines is 1. The van der Waals surface area contributed by atoms with E-state index in [1.54, 1.807) is 18.2 Å². The highest BCUT2D eigenvalue weighted by atomic mass is 32.1. The third-order valence-corrected chi connectivity index (χ3v) is 4.24. The van der Waals surface area contributed by atoms with Crippen LogP contribution in [0, 0.1) is 0 Å². The number of carbonyl (C=O) groups is 1. The molecular weight excluding hydrogens is 372 g/mol. The fourth-order valence-corrected chi connectivity index (χ4v) is 2.83. The van der Waals surface area contributed by atoms with Crippen molar-refractivity contribution < 1.29 is 14.3 Å². The van der Waals surface area contributed by atoms with Gasteiger partial charge in [0.25, 0.3) is 5.91 Å². The third kappa shape index (κ3) is 7.19. The summed E-state index contributed by atoms with van der Waals surface area (Å²) < 4.78 is 11.2. The van der Waals surface area contributed by atoms with Gasteiger partial charge in [-0.1, -0.05) is 38.3 Å². The van der Waals surface area contributed by atoms with Gasteiger partial charge in [-0.25, -0.2) is 0 Å². The second-order valence-corrected chi connectivity index (χ2v) is 6.68. The van der Waals surface area contributed by atoms with Crippen LogP contribution in [0.1, 0.15) is 49.9 Å². The van der Waals surface area contributed by atoms with Crippen molar-refractivity contribution in [2.45, 2.75) is 39.5 Å². The molecule has 5 nitrogen and oxygen atoms in total. The molecule has 0 aromatic heterocycles. The Balaban J connectivity index is 1.83. The van der Waals surface area contributed by atoms with Gasteiger partial charge in [0, 0.05) is 5.69 Å². The van der Waals surface area contributed by atoms with E-state index in [2.05, 4.69) is 17.6 Å². The van der Waals surface area contributed by atoms with Crippen LogP contribution in [-0.4, -0.2) is 24.2 Å². The Kier molecular flexibility index (Phi) is 9.28. The molecule has 0 bridgehead atoms. The van der Waals surface area contributed by atoms with Crippen LogP contribution in [0.5, 0.6) is 11.5 Å². The summed E-state index contributed by atoms with van der Waals surface area (Å²) >= 11 is 5.25. The van der Waals surface area contributed by atoms with Gasteiger partial charge in [-0.05, 0) is 62.0 Å². The Morgan fingerprint density at radius 1 is 0.964 bits per heavy atom. The molecule has 0 aliphatic rings. The Bertz CT molecular complexity index is 763. The lowest BCUT2D eigenvalue weighted by Crippen LogP contribution is -2.34. The molecule has 150 valence electrons. The molecule has 0 atom stereocenters. The number of hydrogen-bond donors (Lipinski definition) is 2. The minimum Gasteiger partial charge on any atom is -0.494 e. The van der Waals surface area contributed by atoms with Crippen molar-refractivity contribution in [3.63, 3.8) is 0 Å². The molecule has 0 aliphatic carbocycles. The summed E-state index contributed by atoms with van der Waals surface area (Å²) in [4.78, 5) is 12.4. The molecule has 1 amide bonds. The first-order chi connectivity index (χ1) is 13.6. The molecule has 0 aliphatic heterocycles. The summed E-state index contributed by atoms with van der Waals surface area (Å²) in [6.07, 6.45) is 4.71. The van der Waals surface area contributed by atoms with Crippen molar-refractivity contribution in [3.05, 3.63) is 54.1 Å². The molecule has 28 heavy (non-hydrogen) atoms. The Morgan fingerprint density at radius 2 is 1.71 bits per heavy atom. The van der Waals surface area contributed by atoms with E-state index in [-0.39, 0.29) is 11.0 Å². The Labute approximate surface area is 172 Å². The van der Waals surface area contributed by atoms with Gasteiger partial charge in [-0.3, -0.25) is 10.1 Å². The van der Waals surface area contributed by atoms with Crippen molar-refractivity contribution in [1.29, 1.82) is 0 Å². The molecular formula is C22H28N2O3S. The summed E-state index contributed by atoms with van der Waals surface area (Å²) in [5.74, 6) is 1.04. The van der Waals surface area contributed by atoms with Gasteiger partial charge >= 0.3 is 0 Å². The molecule has 6 heteroatoms. The number of thiocarbonyl (C=S) groups is 1. The Hall–Kier alpha value is -2.60. The van der Waals surface area contributed by atoms with Gasteiger partial charge in [-0.15, -0.1) is 0 Å². The van der Waals surface area contributed by atoms with Gasteiger partial charge in [0.05, 0.1) is 18.8 Å². The predicted octanol–water partition coefficient (Wildman–Crippen LogP) is 5.17. The maximum atomic E-state index is 12.4. The van der Waals surface area contributed by atoms with Crippen LogP contribution >= 0.6 is 12.2 Å². The molecule has 0 fully saturated rings. The summed E-state index contributed by atoms with van der Waals surface area (Å²) in [6, 6.07) is 14.6. The summed E-state index contributed by atoms with van der Waals surface area (Å²) in [7, 11) is 0. The van der Waals surface area contributed by atoms with Crippen LogP contribution in [-0.2, 0) is 0 Å². The van der Waals surface area contributed by atoms with E-state index in [0.717, 1.165) is 24.5 Å². The summed E-state index contributed by atoms with van der Waals surface area (Å²) in [6.45, 7) is 5.27. The zero-order valence-electron chi connectivity index (χ0n) is 16.5. The number of hydrogen-bond acceptors (Lipinski definition) is 4. The van der Waals surface area contributed by atoms with Crippen molar-refractivity contribution in [3.8, 4) is 11.5 Å². The highest BCUT2D eigenvalue weighted by Crippen LogP contribution is 2.18. The average molecular weight is 401 g/mol. The van der Waals surface area contributed by atoms with Gasteiger partial charge in [0.2, 0.25) is 0 Å². The lowest BCUT2D eigenvalue weighted by molar-refractivity contribution is 0.0974. The number of nitrogens with one attached hydrogen (secondary N) is 2. The largest absolute Gasteiger partial charge is 0.494 e. The van der Waals surface area contributed by atoms with E-state index in [0.29, 0.717) is 17.9 Å². The van der Waals surface area contributed by atoms with Gasteiger partial charge in [0.15, 0.2) is 5.11 Å². The average Bonchev–Trinajstić information content (AvgIpc) is 2.69. The lowest BCUT2D eigenvalue weighted by Gasteiger charge is -2.13. The number of amides is 1. The number of unbranched alkanes of at least 4 members (excludes halogenated alkanes) is 3. The molecule has 2 aromatic rings. The van der Waals surface area contributed by atoms with E-state index >= 15 is 0 Å². The molecule has 2 N–H and O–H groups in total. The van der Waals surface area contributed by atoms with Crippen molar-refractivity contribution in [2.24, 2.45) is 0 Å². The van der Waals surface area contributed by atoms with Crippen molar-refractivity contribution >= 4 is 28.9 Å². The molecule has 2 aromatic carbocycles. The van der Waals surface area contributed by atoms with E-state index in [1.165, 1.54) is 19.3 Å². The van der Waals surface area contributed by atoms with Crippen LogP contribution in [0.15, 0.2) is 48.5 Å². The Morgan fingerprint density at radius 3 is 2.43 bits per heavy atom. The van der Waals surface area contributed by atoms with Gasteiger partial charge in [0.1, 0.15) is 11.5 Å². The molecule has 0 heterocycles. The van der Waals surface area contributed by atoms with Crippen molar-refractivity contribution in [1.82, 2.24) is 5.32 Å².